The standard InChI is InChI=1S/C13H26N2O2/c1-11(2)9-12-13(16)15(10-14-12)7-5-4-6-8-17-3/h11-12,14H,4-10H2,1-3H3. The highest BCUT2D eigenvalue weighted by Crippen LogP contribution is 2.13. The van der Waals surface area contributed by atoms with Crippen molar-refractivity contribution >= 4 is 5.91 Å². The molecule has 1 atom stereocenters. The van der Waals surface area contributed by atoms with Crippen molar-refractivity contribution in [3.8, 4) is 0 Å². The van der Waals surface area contributed by atoms with Crippen LogP contribution in [-0.4, -0.2) is 43.8 Å². The Kier molecular flexibility index (Phi) is 6.52. The lowest BCUT2D eigenvalue weighted by atomic mass is 10.0. The molecular weight excluding hydrogens is 216 g/mol. The van der Waals surface area contributed by atoms with Crippen molar-refractivity contribution in [3.63, 3.8) is 0 Å². The molecule has 0 aromatic rings. The fraction of sp³-hybridized carbons (Fsp3) is 0.923. The Labute approximate surface area is 105 Å². The number of carbonyl (C=O) groups excluding carboxylic acids is 1. The lowest BCUT2D eigenvalue weighted by Crippen LogP contribution is -2.32. The van der Waals surface area contributed by atoms with E-state index in [0.717, 1.165) is 45.5 Å². The minimum absolute atomic E-state index is 0.0500. The van der Waals surface area contributed by atoms with Gasteiger partial charge in [0.25, 0.3) is 0 Å². The Morgan fingerprint density at radius 1 is 1.41 bits per heavy atom. The third kappa shape index (κ3) is 5.04. The summed E-state index contributed by atoms with van der Waals surface area (Å²) in [7, 11) is 1.73. The molecule has 4 nitrogen and oxygen atoms in total. The maximum absolute atomic E-state index is 12.0. The van der Waals surface area contributed by atoms with E-state index in [2.05, 4.69) is 19.2 Å². The van der Waals surface area contributed by atoms with Crippen LogP contribution >= 0.6 is 0 Å². The number of nitrogens with one attached hydrogen (secondary N) is 1. The first-order valence-electron chi connectivity index (χ1n) is 6.66. The number of ether oxygens (including phenoxy) is 1. The second kappa shape index (κ2) is 7.67. The Bertz CT molecular complexity index is 231. The van der Waals surface area contributed by atoms with Crippen LogP contribution in [0, 0.1) is 5.92 Å². The van der Waals surface area contributed by atoms with Gasteiger partial charge in [0, 0.05) is 20.3 Å². The van der Waals surface area contributed by atoms with E-state index in [1.54, 1.807) is 7.11 Å². The SMILES string of the molecule is COCCCCCN1CNC(CC(C)C)C1=O. The van der Waals surface area contributed by atoms with Crippen molar-refractivity contribution in [2.24, 2.45) is 5.92 Å². The molecule has 1 heterocycles. The molecule has 1 aliphatic heterocycles. The average Bonchev–Trinajstić information content (AvgIpc) is 2.60. The van der Waals surface area contributed by atoms with E-state index < -0.39 is 0 Å². The molecule has 1 fully saturated rings. The van der Waals surface area contributed by atoms with Crippen LogP contribution in [-0.2, 0) is 9.53 Å². The molecule has 0 radical (unpaired) electrons. The first kappa shape index (κ1) is 14.5. The van der Waals surface area contributed by atoms with Crippen molar-refractivity contribution in [1.29, 1.82) is 0 Å². The third-order valence-corrected chi connectivity index (χ3v) is 3.12. The van der Waals surface area contributed by atoms with Gasteiger partial charge in [-0.1, -0.05) is 13.8 Å². The lowest BCUT2D eigenvalue weighted by Gasteiger charge is -2.15. The van der Waals surface area contributed by atoms with E-state index in [1.807, 2.05) is 4.90 Å². The van der Waals surface area contributed by atoms with E-state index in [1.165, 1.54) is 0 Å². The first-order valence-corrected chi connectivity index (χ1v) is 6.66. The van der Waals surface area contributed by atoms with Gasteiger partial charge in [-0.25, -0.2) is 0 Å². The summed E-state index contributed by atoms with van der Waals surface area (Å²) in [6, 6.07) is 0.0500. The van der Waals surface area contributed by atoms with Crippen LogP contribution in [0.15, 0.2) is 0 Å². The quantitative estimate of drug-likeness (QED) is 0.657. The van der Waals surface area contributed by atoms with Gasteiger partial charge in [-0.15, -0.1) is 0 Å². The molecular formula is C13H26N2O2. The molecule has 1 saturated heterocycles. The molecule has 1 amide bonds. The molecule has 4 heteroatoms. The minimum atomic E-state index is 0.0500. The van der Waals surface area contributed by atoms with Gasteiger partial charge in [0.15, 0.2) is 0 Å². The Morgan fingerprint density at radius 3 is 2.82 bits per heavy atom. The molecule has 0 aromatic heterocycles. The van der Waals surface area contributed by atoms with Crippen LogP contribution in [0.25, 0.3) is 0 Å². The first-order chi connectivity index (χ1) is 8.15. The monoisotopic (exact) mass is 242 g/mol. The summed E-state index contributed by atoms with van der Waals surface area (Å²) in [5.74, 6) is 0.851. The molecule has 1 unspecified atom stereocenters. The predicted octanol–water partition coefficient (Wildman–Crippen LogP) is 1.61. The zero-order valence-corrected chi connectivity index (χ0v) is 11.4. The van der Waals surface area contributed by atoms with E-state index in [4.69, 9.17) is 4.74 Å². The number of hydrogen-bond acceptors (Lipinski definition) is 3. The summed E-state index contributed by atoms with van der Waals surface area (Å²) in [5, 5.41) is 3.29. The van der Waals surface area contributed by atoms with Gasteiger partial charge >= 0.3 is 0 Å². The van der Waals surface area contributed by atoms with E-state index >= 15 is 0 Å². The van der Waals surface area contributed by atoms with Gasteiger partial charge in [0.05, 0.1) is 12.7 Å². The second-order valence-electron chi connectivity index (χ2n) is 5.20. The molecule has 100 valence electrons. The molecule has 1 rings (SSSR count). The summed E-state index contributed by atoms with van der Waals surface area (Å²) in [6.45, 7) is 6.73. The molecule has 0 bridgehead atoms. The Balaban J connectivity index is 2.16. The van der Waals surface area contributed by atoms with Crippen molar-refractivity contribution in [2.75, 3.05) is 26.9 Å². The highest BCUT2D eigenvalue weighted by Gasteiger charge is 2.30. The second-order valence-corrected chi connectivity index (χ2v) is 5.20. The van der Waals surface area contributed by atoms with E-state index in [-0.39, 0.29) is 11.9 Å². The fourth-order valence-electron chi connectivity index (χ4n) is 2.18. The number of methoxy groups -OCH3 is 1. The Hall–Kier alpha value is -0.610. The zero-order chi connectivity index (χ0) is 12.7. The van der Waals surface area contributed by atoms with Crippen molar-refractivity contribution in [3.05, 3.63) is 0 Å². The number of nitrogens with zero attached hydrogens (tertiary/aromatic N) is 1. The number of amides is 1. The van der Waals surface area contributed by atoms with Gasteiger partial charge in [0.2, 0.25) is 5.91 Å². The highest BCUT2D eigenvalue weighted by atomic mass is 16.5. The molecule has 0 saturated carbocycles. The van der Waals surface area contributed by atoms with Crippen LogP contribution in [0.1, 0.15) is 39.5 Å². The smallest absolute Gasteiger partial charge is 0.240 e. The molecule has 1 N–H and O–H groups in total. The topological polar surface area (TPSA) is 41.6 Å². The summed E-state index contributed by atoms with van der Waals surface area (Å²) in [4.78, 5) is 13.9. The Morgan fingerprint density at radius 2 is 2.18 bits per heavy atom. The normalized spacial score (nSPS) is 20.6. The minimum Gasteiger partial charge on any atom is -0.385 e. The summed E-state index contributed by atoms with van der Waals surface area (Å²) >= 11 is 0. The largest absolute Gasteiger partial charge is 0.385 e. The van der Waals surface area contributed by atoms with Gasteiger partial charge in [-0.05, 0) is 31.6 Å². The molecule has 0 aromatic carbocycles. The fourth-order valence-corrected chi connectivity index (χ4v) is 2.18. The number of rotatable bonds is 8. The number of carbonyl (C=O) groups is 1. The number of unbranched alkanes of at least 4 members (excludes halogenated alkanes) is 2. The van der Waals surface area contributed by atoms with Crippen LogP contribution < -0.4 is 5.32 Å². The highest BCUT2D eigenvalue weighted by molar-refractivity contribution is 5.83. The van der Waals surface area contributed by atoms with Crippen LogP contribution in [0.5, 0.6) is 0 Å². The van der Waals surface area contributed by atoms with Crippen LogP contribution in [0.4, 0.5) is 0 Å². The summed E-state index contributed by atoms with van der Waals surface area (Å²) < 4.78 is 5.00. The maximum atomic E-state index is 12.0. The third-order valence-electron chi connectivity index (χ3n) is 3.12. The van der Waals surface area contributed by atoms with Crippen molar-refractivity contribution in [2.45, 2.75) is 45.6 Å². The van der Waals surface area contributed by atoms with Gasteiger partial charge in [-0.2, -0.15) is 0 Å². The van der Waals surface area contributed by atoms with Crippen molar-refractivity contribution < 1.29 is 9.53 Å². The molecule has 0 spiro atoms. The van der Waals surface area contributed by atoms with E-state index in [9.17, 15) is 4.79 Å². The van der Waals surface area contributed by atoms with Gasteiger partial charge in [0.1, 0.15) is 0 Å². The van der Waals surface area contributed by atoms with E-state index in [0.29, 0.717) is 5.92 Å². The summed E-state index contributed by atoms with van der Waals surface area (Å²) in [6.07, 6.45) is 4.23. The maximum Gasteiger partial charge on any atom is 0.240 e. The molecule has 1 aliphatic rings. The van der Waals surface area contributed by atoms with Crippen LogP contribution in [0.3, 0.4) is 0 Å². The molecule has 0 aliphatic carbocycles. The number of hydrogen-bond donors (Lipinski definition) is 1. The predicted molar refractivity (Wildman–Crippen MR) is 68.7 cm³/mol. The van der Waals surface area contributed by atoms with Crippen molar-refractivity contribution in [1.82, 2.24) is 10.2 Å². The van der Waals surface area contributed by atoms with Gasteiger partial charge in [-0.3, -0.25) is 10.1 Å². The van der Waals surface area contributed by atoms with Gasteiger partial charge < -0.3 is 9.64 Å². The average molecular weight is 242 g/mol. The summed E-state index contributed by atoms with van der Waals surface area (Å²) in [5.41, 5.74) is 0. The molecule has 17 heavy (non-hydrogen) atoms. The lowest BCUT2D eigenvalue weighted by molar-refractivity contribution is -0.129. The van der Waals surface area contributed by atoms with Crippen LogP contribution in [0.2, 0.25) is 0 Å². The zero-order valence-electron chi connectivity index (χ0n) is 11.4.